The van der Waals surface area contributed by atoms with Gasteiger partial charge in [0.2, 0.25) is 0 Å². The van der Waals surface area contributed by atoms with Crippen molar-refractivity contribution in [2.75, 3.05) is 0 Å². The van der Waals surface area contributed by atoms with E-state index < -0.39 is 0 Å². The van der Waals surface area contributed by atoms with Crippen molar-refractivity contribution in [3.8, 4) is 0 Å². The van der Waals surface area contributed by atoms with E-state index in [1.165, 1.54) is 27.1 Å². The van der Waals surface area contributed by atoms with Gasteiger partial charge in [0.15, 0.2) is 0 Å². The van der Waals surface area contributed by atoms with Crippen LogP contribution in [0.1, 0.15) is 5.56 Å². The van der Waals surface area contributed by atoms with Gasteiger partial charge in [0, 0.05) is 16.2 Å². The summed E-state index contributed by atoms with van der Waals surface area (Å²) in [6, 6.07) is 18.9. The quantitative estimate of drug-likeness (QED) is 0.305. The van der Waals surface area contributed by atoms with Crippen molar-refractivity contribution in [2.45, 2.75) is 6.92 Å². The Balaban J connectivity index is 2.39. The van der Waals surface area contributed by atoms with E-state index in [9.17, 15) is 0 Å². The summed E-state index contributed by atoms with van der Waals surface area (Å²) in [6.45, 7) is 2.10. The largest absolute Gasteiger partial charge is 0.235 e. The monoisotopic (exact) mass is 277 g/mol. The van der Waals surface area contributed by atoms with E-state index in [1.54, 1.807) is 0 Å². The zero-order chi connectivity index (χ0) is 13.7. The van der Waals surface area contributed by atoms with E-state index in [0.29, 0.717) is 5.15 Å². The van der Waals surface area contributed by atoms with Crippen molar-refractivity contribution in [1.82, 2.24) is 4.98 Å². The van der Waals surface area contributed by atoms with Crippen LogP contribution in [0.3, 0.4) is 0 Å². The number of rotatable bonds is 0. The molecule has 0 aliphatic rings. The van der Waals surface area contributed by atoms with Gasteiger partial charge in [-0.3, -0.25) is 0 Å². The van der Waals surface area contributed by atoms with Crippen LogP contribution in [0.4, 0.5) is 0 Å². The van der Waals surface area contributed by atoms with E-state index in [0.717, 1.165) is 10.9 Å². The van der Waals surface area contributed by atoms with Gasteiger partial charge in [-0.2, -0.15) is 0 Å². The van der Waals surface area contributed by atoms with Crippen LogP contribution < -0.4 is 0 Å². The van der Waals surface area contributed by atoms with E-state index in [4.69, 9.17) is 11.6 Å². The maximum absolute atomic E-state index is 6.37. The molecule has 1 aromatic heterocycles. The molecule has 2 heteroatoms. The smallest absolute Gasteiger partial charge is 0.137 e. The van der Waals surface area contributed by atoms with Crippen LogP contribution >= 0.6 is 11.6 Å². The average molecular weight is 278 g/mol. The fourth-order valence-electron chi connectivity index (χ4n) is 2.85. The van der Waals surface area contributed by atoms with Gasteiger partial charge >= 0.3 is 0 Å². The molecular weight excluding hydrogens is 266 g/mol. The highest BCUT2D eigenvalue weighted by Gasteiger charge is 2.10. The maximum Gasteiger partial charge on any atom is 0.137 e. The molecule has 1 nitrogen and oxygen atoms in total. The number of nitrogens with zero attached hydrogens (tertiary/aromatic N) is 1. The fraction of sp³-hybridized carbons (Fsp3) is 0.0556. The van der Waals surface area contributed by atoms with E-state index in [2.05, 4.69) is 60.4 Å². The van der Waals surface area contributed by atoms with E-state index >= 15 is 0 Å². The summed E-state index contributed by atoms with van der Waals surface area (Å²) in [5.41, 5.74) is 2.18. The van der Waals surface area contributed by atoms with Crippen LogP contribution in [0.25, 0.3) is 32.4 Å². The van der Waals surface area contributed by atoms with Gasteiger partial charge in [-0.15, -0.1) is 0 Å². The minimum Gasteiger partial charge on any atom is -0.235 e. The summed E-state index contributed by atoms with van der Waals surface area (Å²) < 4.78 is 0. The average Bonchev–Trinajstić information content (AvgIpc) is 2.47. The second kappa shape index (κ2) is 4.19. The number of hydrogen-bond donors (Lipinski definition) is 0. The Morgan fingerprint density at radius 2 is 1.70 bits per heavy atom. The van der Waals surface area contributed by atoms with Gasteiger partial charge < -0.3 is 0 Å². The topological polar surface area (TPSA) is 12.9 Å². The Labute approximate surface area is 121 Å². The molecule has 0 amide bonds. The second-order valence-electron chi connectivity index (χ2n) is 5.13. The molecule has 0 aliphatic heterocycles. The van der Waals surface area contributed by atoms with Gasteiger partial charge in [-0.1, -0.05) is 59.6 Å². The lowest BCUT2D eigenvalue weighted by atomic mass is 9.98. The molecule has 0 bridgehead atoms. The SMILES string of the molecule is Cc1ccc2nc(Cl)c3ccc4ccccc4c3c2c1. The van der Waals surface area contributed by atoms with Crippen LogP contribution in [0.5, 0.6) is 0 Å². The minimum absolute atomic E-state index is 0.571. The Kier molecular flexibility index (Phi) is 2.45. The number of aryl methyl sites for hydroxylation is 1. The molecule has 96 valence electrons. The lowest BCUT2D eigenvalue weighted by molar-refractivity contribution is 1.42. The summed E-state index contributed by atoms with van der Waals surface area (Å²) in [7, 11) is 0. The molecule has 20 heavy (non-hydrogen) atoms. The summed E-state index contributed by atoms with van der Waals surface area (Å²) >= 11 is 6.37. The molecule has 0 radical (unpaired) electrons. The molecule has 4 rings (SSSR count). The minimum atomic E-state index is 0.571. The molecule has 0 N–H and O–H groups in total. The Morgan fingerprint density at radius 1 is 0.850 bits per heavy atom. The van der Waals surface area contributed by atoms with Crippen molar-refractivity contribution in [3.63, 3.8) is 0 Å². The van der Waals surface area contributed by atoms with Crippen molar-refractivity contribution in [3.05, 3.63) is 65.3 Å². The normalized spacial score (nSPS) is 11.5. The van der Waals surface area contributed by atoms with Gasteiger partial charge in [-0.05, 0) is 29.8 Å². The summed E-state index contributed by atoms with van der Waals surface area (Å²) in [5, 5.41) is 6.41. The first-order chi connectivity index (χ1) is 9.74. The van der Waals surface area contributed by atoms with Gasteiger partial charge in [-0.25, -0.2) is 4.98 Å². The first kappa shape index (κ1) is 11.7. The number of hydrogen-bond acceptors (Lipinski definition) is 1. The zero-order valence-corrected chi connectivity index (χ0v) is 11.8. The lowest BCUT2D eigenvalue weighted by Gasteiger charge is -2.09. The lowest BCUT2D eigenvalue weighted by Crippen LogP contribution is -1.87. The van der Waals surface area contributed by atoms with E-state index in [-0.39, 0.29) is 0 Å². The predicted octanol–water partition coefficient (Wildman–Crippen LogP) is 5.50. The third-order valence-corrected chi connectivity index (χ3v) is 4.08. The number of pyridine rings is 1. The Morgan fingerprint density at radius 3 is 2.60 bits per heavy atom. The van der Waals surface area contributed by atoms with E-state index in [1.807, 2.05) is 6.07 Å². The van der Waals surface area contributed by atoms with Crippen molar-refractivity contribution in [1.29, 1.82) is 0 Å². The Hall–Kier alpha value is -2.12. The number of fused-ring (bicyclic) bond motifs is 5. The molecule has 0 fully saturated rings. The molecular formula is C18H12ClN. The highest BCUT2D eigenvalue weighted by Crippen LogP contribution is 2.34. The third-order valence-electron chi connectivity index (χ3n) is 3.79. The van der Waals surface area contributed by atoms with Gasteiger partial charge in [0.05, 0.1) is 5.52 Å². The van der Waals surface area contributed by atoms with Crippen molar-refractivity contribution >= 4 is 44.0 Å². The van der Waals surface area contributed by atoms with Gasteiger partial charge in [0.1, 0.15) is 5.15 Å². The summed E-state index contributed by atoms with van der Waals surface area (Å²) in [6.07, 6.45) is 0. The van der Waals surface area contributed by atoms with Gasteiger partial charge in [0.25, 0.3) is 0 Å². The van der Waals surface area contributed by atoms with Crippen molar-refractivity contribution < 1.29 is 0 Å². The number of halogens is 1. The molecule has 1 heterocycles. The first-order valence-corrected chi connectivity index (χ1v) is 6.99. The highest BCUT2D eigenvalue weighted by atomic mass is 35.5. The molecule has 4 aromatic rings. The maximum atomic E-state index is 6.37. The molecule has 3 aromatic carbocycles. The first-order valence-electron chi connectivity index (χ1n) is 6.61. The molecule has 0 unspecified atom stereocenters. The molecule has 0 spiro atoms. The number of aromatic nitrogens is 1. The van der Waals surface area contributed by atoms with Crippen LogP contribution in [0.2, 0.25) is 5.15 Å². The fourth-order valence-corrected chi connectivity index (χ4v) is 3.10. The predicted molar refractivity (Wildman–Crippen MR) is 86.5 cm³/mol. The second-order valence-corrected chi connectivity index (χ2v) is 5.49. The highest BCUT2D eigenvalue weighted by molar-refractivity contribution is 6.37. The molecule has 0 saturated heterocycles. The van der Waals surface area contributed by atoms with Crippen LogP contribution in [0, 0.1) is 6.92 Å². The van der Waals surface area contributed by atoms with Crippen LogP contribution in [-0.2, 0) is 0 Å². The number of benzene rings is 3. The third kappa shape index (κ3) is 1.60. The summed E-state index contributed by atoms with van der Waals surface area (Å²) in [4.78, 5) is 4.52. The molecule has 0 aliphatic carbocycles. The zero-order valence-electron chi connectivity index (χ0n) is 11.0. The van der Waals surface area contributed by atoms with Crippen LogP contribution in [0.15, 0.2) is 54.6 Å². The van der Waals surface area contributed by atoms with Crippen LogP contribution in [-0.4, -0.2) is 4.98 Å². The Bertz CT molecular complexity index is 973. The summed E-state index contributed by atoms with van der Waals surface area (Å²) in [5.74, 6) is 0. The molecule has 0 saturated carbocycles. The van der Waals surface area contributed by atoms with Crippen molar-refractivity contribution in [2.24, 2.45) is 0 Å². The standard InChI is InChI=1S/C18H12ClN/c1-11-6-9-16-15(10-11)17-13-5-3-2-4-12(13)7-8-14(17)18(19)20-16/h2-10H,1H3. The molecule has 0 atom stereocenters.